The van der Waals surface area contributed by atoms with Crippen molar-refractivity contribution in [3.8, 4) is 0 Å². The van der Waals surface area contributed by atoms with Gasteiger partial charge in [0.05, 0.1) is 5.69 Å². The van der Waals surface area contributed by atoms with Crippen molar-refractivity contribution in [1.29, 1.82) is 0 Å². The fourth-order valence-corrected chi connectivity index (χ4v) is 4.14. The first-order valence-corrected chi connectivity index (χ1v) is 8.19. The second-order valence-corrected chi connectivity index (χ2v) is 6.88. The lowest BCUT2D eigenvalue weighted by molar-refractivity contribution is -0.00590. The van der Waals surface area contributed by atoms with Gasteiger partial charge in [-0.3, -0.25) is 10.00 Å². The summed E-state index contributed by atoms with van der Waals surface area (Å²) < 4.78 is 0. The van der Waals surface area contributed by atoms with Gasteiger partial charge in [0.2, 0.25) is 0 Å². The second-order valence-electron chi connectivity index (χ2n) is 6.88. The van der Waals surface area contributed by atoms with Gasteiger partial charge in [0, 0.05) is 36.9 Å². The highest BCUT2D eigenvalue weighted by Crippen LogP contribution is 2.43. The Kier molecular flexibility index (Phi) is 4.33. The first-order valence-electron chi connectivity index (χ1n) is 8.19. The summed E-state index contributed by atoms with van der Waals surface area (Å²) in [5.41, 5.74) is 4.05. The van der Waals surface area contributed by atoms with E-state index in [0.29, 0.717) is 17.9 Å². The van der Waals surface area contributed by atoms with Gasteiger partial charge < -0.3 is 10.4 Å². The third-order valence-corrected chi connectivity index (χ3v) is 5.79. The van der Waals surface area contributed by atoms with Crippen molar-refractivity contribution >= 4 is 0 Å². The Morgan fingerprint density at radius 1 is 1.29 bits per heavy atom. The third-order valence-electron chi connectivity index (χ3n) is 5.79. The van der Waals surface area contributed by atoms with Crippen molar-refractivity contribution in [3.63, 3.8) is 0 Å². The van der Waals surface area contributed by atoms with Crippen molar-refractivity contribution < 1.29 is 5.11 Å². The first-order chi connectivity index (χ1) is 10.1. The fraction of sp³-hybridized carbons (Fsp3) is 0.812. The van der Waals surface area contributed by atoms with Crippen molar-refractivity contribution in [1.82, 2.24) is 20.4 Å². The van der Waals surface area contributed by atoms with E-state index in [-0.39, 0.29) is 0 Å². The molecule has 3 N–H and O–H groups in total. The van der Waals surface area contributed by atoms with Crippen molar-refractivity contribution in [2.24, 2.45) is 11.3 Å². The molecule has 1 aromatic heterocycles. The minimum Gasteiger partial charge on any atom is -0.396 e. The number of likely N-dealkylation sites (tertiary alicyclic amines) is 1. The monoisotopic (exact) mass is 292 g/mol. The van der Waals surface area contributed by atoms with Crippen LogP contribution in [0.2, 0.25) is 0 Å². The molecule has 3 rings (SSSR count). The maximum absolute atomic E-state index is 9.69. The Labute approximate surface area is 127 Å². The average molecular weight is 292 g/mol. The number of hydrogen-bond acceptors (Lipinski definition) is 4. The topological polar surface area (TPSA) is 64.2 Å². The zero-order valence-electron chi connectivity index (χ0n) is 13.3. The van der Waals surface area contributed by atoms with Crippen LogP contribution in [0.3, 0.4) is 0 Å². The summed E-state index contributed by atoms with van der Waals surface area (Å²) in [7, 11) is 0. The highest BCUT2D eigenvalue weighted by molar-refractivity contribution is 5.23. The van der Waals surface area contributed by atoms with Gasteiger partial charge in [-0.25, -0.2) is 0 Å². The van der Waals surface area contributed by atoms with Crippen LogP contribution in [0.4, 0.5) is 0 Å². The molecule has 5 heteroatoms. The number of aliphatic hydroxyl groups is 1. The van der Waals surface area contributed by atoms with Gasteiger partial charge in [-0.1, -0.05) is 0 Å². The Balaban J connectivity index is 1.62. The maximum atomic E-state index is 9.69. The molecule has 0 bridgehead atoms. The van der Waals surface area contributed by atoms with Gasteiger partial charge in [0.1, 0.15) is 0 Å². The number of nitrogens with one attached hydrogen (secondary N) is 2. The number of piperidine rings is 2. The highest BCUT2D eigenvalue weighted by Gasteiger charge is 2.42. The van der Waals surface area contributed by atoms with Crippen LogP contribution in [-0.4, -0.2) is 53.0 Å². The predicted octanol–water partition coefficient (Wildman–Crippen LogP) is 1.21. The number of H-pyrrole nitrogens is 1. The molecule has 5 nitrogen and oxygen atoms in total. The largest absolute Gasteiger partial charge is 0.396 e. The summed E-state index contributed by atoms with van der Waals surface area (Å²) in [5.74, 6) is 0.436. The SMILES string of the molecule is Cc1n[nH]c(C)c1CN1CCC2(CCNCC2CO)CC1. The molecule has 1 spiro atoms. The van der Waals surface area contributed by atoms with E-state index < -0.39 is 0 Å². The molecule has 2 aliphatic heterocycles. The molecule has 2 fully saturated rings. The predicted molar refractivity (Wildman–Crippen MR) is 83.1 cm³/mol. The zero-order chi connectivity index (χ0) is 14.9. The maximum Gasteiger partial charge on any atom is 0.0639 e. The van der Waals surface area contributed by atoms with Crippen LogP contribution in [0.25, 0.3) is 0 Å². The molecule has 0 saturated carbocycles. The zero-order valence-corrected chi connectivity index (χ0v) is 13.3. The fourth-order valence-electron chi connectivity index (χ4n) is 4.14. The van der Waals surface area contributed by atoms with E-state index >= 15 is 0 Å². The van der Waals surface area contributed by atoms with Crippen LogP contribution in [-0.2, 0) is 6.54 Å². The smallest absolute Gasteiger partial charge is 0.0639 e. The number of aromatic amines is 1. The van der Waals surface area contributed by atoms with Gasteiger partial charge in [-0.2, -0.15) is 5.10 Å². The van der Waals surface area contributed by atoms with E-state index in [1.165, 1.54) is 30.5 Å². The Hall–Kier alpha value is -0.910. The molecule has 2 aliphatic rings. The molecule has 0 amide bonds. The third kappa shape index (κ3) is 2.87. The summed E-state index contributed by atoms with van der Waals surface area (Å²) in [6.45, 7) is 9.89. The van der Waals surface area contributed by atoms with E-state index in [2.05, 4.69) is 34.3 Å². The van der Waals surface area contributed by atoms with Crippen LogP contribution in [0.5, 0.6) is 0 Å². The molecule has 1 unspecified atom stereocenters. The normalized spacial score (nSPS) is 26.3. The average Bonchev–Trinajstić information content (AvgIpc) is 2.82. The summed E-state index contributed by atoms with van der Waals surface area (Å²) in [4.78, 5) is 2.55. The lowest BCUT2D eigenvalue weighted by atomic mass is 9.65. The molecule has 2 saturated heterocycles. The summed E-state index contributed by atoms with van der Waals surface area (Å²) in [5, 5.41) is 20.5. The van der Waals surface area contributed by atoms with Gasteiger partial charge in [-0.05, 0) is 58.2 Å². The van der Waals surface area contributed by atoms with Crippen molar-refractivity contribution in [2.75, 3.05) is 32.8 Å². The molecule has 1 aromatic rings. The van der Waals surface area contributed by atoms with Gasteiger partial charge in [0.15, 0.2) is 0 Å². The molecule has 118 valence electrons. The van der Waals surface area contributed by atoms with Crippen molar-refractivity contribution in [2.45, 2.75) is 39.7 Å². The Bertz CT molecular complexity index is 457. The summed E-state index contributed by atoms with van der Waals surface area (Å²) in [6.07, 6.45) is 3.65. The second kappa shape index (κ2) is 6.07. The highest BCUT2D eigenvalue weighted by atomic mass is 16.3. The van der Waals surface area contributed by atoms with Gasteiger partial charge in [-0.15, -0.1) is 0 Å². The lowest BCUT2D eigenvalue weighted by Gasteiger charge is -2.49. The standard InChI is InChI=1S/C16H28N4O/c1-12-15(13(2)19-18-12)10-20-7-4-16(5-8-20)3-6-17-9-14(16)11-21/h14,17,21H,3-11H2,1-2H3,(H,18,19). The number of rotatable bonds is 3. The van der Waals surface area contributed by atoms with Crippen molar-refractivity contribution in [3.05, 3.63) is 17.0 Å². The molecule has 21 heavy (non-hydrogen) atoms. The lowest BCUT2D eigenvalue weighted by Crippen LogP contribution is -2.52. The quantitative estimate of drug-likeness (QED) is 0.783. The molecule has 0 aromatic carbocycles. The van der Waals surface area contributed by atoms with E-state index in [1.807, 2.05) is 0 Å². The number of aromatic nitrogens is 2. The Morgan fingerprint density at radius 2 is 2.05 bits per heavy atom. The van der Waals surface area contributed by atoms with E-state index in [9.17, 15) is 5.11 Å². The number of aliphatic hydroxyl groups excluding tert-OH is 1. The van der Waals surface area contributed by atoms with E-state index in [1.54, 1.807) is 0 Å². The first kappa shape index (κ1) is 15.0. The summed E-state index contributed by atoms with van der Waals surface area (Å²) in [6, 6.07) is 0. The number of aryl methyl sites for hydroxylation is 2. The molecular weight excluding hydrogens is 264 g/mol. The molecular formula is C16H28N4O. The summed E-state index contributed by atoms with van der Waals surface area (Å²) >= 11 is 0. The van der Waals surface area contributed by atoms with Crippen LogP contribution < -0.4 is 5.32 Å². The van der Waals surface area contributed by atoms with Gasteiger partial charge >= 0.3 is 0 Å². The molecule has 3 heterocycles. The van der Waals surface area contributed by atoms with Crippen LogP contribution in [0.1, 0.15) is 36.2 Å². The number of hydrogen-bond donors (Lipinski definition) is 3. The minimum atomic E-state index is 0.326. The minimum absolute atomic E-state index is 0.326. The molecule has 0 aliphatic carbocycles. The van der Waals surface area contributed by atoms with Crippen LogP contribution in [0, 0.1) is 25.2 Å². The van der Waals surface area contributed by atoms with Crippen LogP contribution >= 0.6 is 0 Å². The van der Waals surface area contributed by atoms with E-state index in [4.69, 9.17) is 0 Å². The van der Waals surface area contributed by atoms with Crippen LogP contribution in [0.15, 0.2) is 0 Å². The van der Waals surface area contributed by atoms with Gasteiger partial charge in [0.25, 0.3) is 0 Å². The molecule has 0 radical (unpaired) electrons. The number of nitrogens with zero attached hydrogens (tertiary/aromatic N) is 2. The molecule has 1 atom stereocenters. The van der Waals surface area contributed by atoms with E-state index in [0.717, 1.165) is 38.4 Å². The Morgan fingerprint density at radius 3 is 2.67 bits per heavy atom.